The first-order chi connectivity index (χ1) is 70.4. The number of carbonyl (C=O) groups excluding carboxylic acids is 10. The van der Waals surface area contributed by atoms with Gasteiger partial charge in [-0.25, -0.2) is 28.8 Å². The molecule has 10 aliphatic heterocycles. The van der Waals surface area contributed by atoms with Crippen molar-refractivity contribution in [1.29, 1.82) is 0 Å². The number of nitrogens with zero attached hydrogens (tertiary/aromatic N) is 4. The van der Waals surface area contributed by atoms with Gasteiger partial charge in [-0.05, 0) is 219 Å². The smallest absolute Gasteiger partial charge is 0.337 e. The highest BCUT2D eigenvalue weighted by Crippen LogP contribution is 2.64. The van der Waals surface area contributed by atoms with Crippen molar-refractivity contribution in [2.24, 2.45) is 91.8 Å². The number of ether oxygens (including phenoxy) is 12. The summed E-state index contributed by atoms with van der Waals surface area (Å²) >= 11 is 0. The van der Waals surface area contributed by atoms with Crippen molar-refractivity contribution in [3.05, 3.63) is 125 Å². The van der Waals surface area contributed by atoms with Crippen LogP contribution in [0.15, 0.2) is 113 Å². The molecule has 15 aliphatic rings. The van der Waals surface area contributed by atoms with E-state index in [0.717, 1.165) is 116 Å². The van der Waals surface area contributed by atoms with E-state index in [4.69, 9.17) is 72.8 Å². The summed E-state index contributed by atoms with van der Waals surface area (Å²) in [7, 11) is 13.3. The lowest BCUT2D eigenvalue weighted by atomic mass is 9.69. The number of amides is 4. The first kappa shape index (κ1) is 121. The standard InChI is InChI=1S/C26H37NO5.C16H25NO4.C16H19NO4.C16H27NO2.C13H18BNO4.C13H12BNO4.C11H10O3.2C2H6.CH4/c1-7-17-13-12-16(2)14-20(17)27-23(25(29)32-26(3,4)5)22-18-10-8-9-11-21(18)31-15-19(22)24(28)30-6;2*1-16(2,3)21-15(19)13-12-9-6-4-5-7-11(9)20-8-10(12)14(18)17-13;1-14(2,3)19-13(18)10-17-12-9-11-7-8-16(12,6)15(11,4)5;2*14-13(18)15-5-7-6-19-9-4-2-1-3-8(9)10(7)11(15)12(16)17;1-13-11(12)9-6-8-4-2-3-5-10(8)14-7-9;2*1-2;/h8-11,16-17,19,22-23H,7,12-15H2,1-6H3;9-13H,4-8H2,1-3H3,(H,17,18);4-7,10,12-13H,8H2,1-3H3,(H,17,18);11H,7-10H2,1-6H3;7-11H,1-6H2,(H,16,17);1-4,7,10-11H,5-6H2,(H,16,17);2-6H,7H2,1H3;2*1-2H3;1H4/t16?,17?,19-,22+,23+;9?,10-,11?,12+,13+;10-,12+,13+;;7-,8?,9?,10-,11+;7-,10-,11+;;;;/m111.11..../s1. The SMILES string of the molecule is C.CC.CC.CC(C)(C)OC(=O)CN=C1CC2CCC1(C)C2(C)C.CC(C)(C)OC(=O)[C@H]1NC(=O)[C@@H]2COC3CCCCC3[C@H]12.CC(C)(C)OC(=O)[C@H]1NC(=O)[C@@H]2COc3ccccc3[C@H]12.CCC1CCC(C)CC1=N[C@H](C(=O)OC(C)(C)C)[C@H]1c2ccccc2OC[C@H]1C(=O)OC.COC(=O)C1=Cc2ccccc2OC1.[B]C(=O)N1C[C@@H]2COC3CCCCC3[C@@H]2[C@H]1C(=O)O.[B]C(=O)N1C[C@@H]2COc3ccccc3[C@@H]2[C@H]1C(=O)O. The molecular formula is C116H164B2N6O26. The molecule has 19 rings (SSSR count). The van der Waals surface area contributed by atoms with Gasteiger partial charge in [-0.2, -0.15) is 0 Å². The molecule has 10 heterocycles. The van der Waals surface area contributed by atoms with Crippen LogP contribution >= 0.6 is 0 Å². The van der Waals surface area contributed by atoms with Crippen LogP contribution in [0.1, 0.15) is 289 Å². The molecule has 0 spiro atoms. The number of para-hydroxylation sites is 4. The van der Waals surface area contributed by atoms with Gasteiger partial charge in [0, 0.05) is 93.6 Å². The van der Waals surface area contributed by atoms with Gasteiger partial charge in [0.15, 0.2) is 17.7 Å². The highest BCUT2D eigenvalue weighted by atomic mass is 16.6. The van der Waals surface area contributed by atoms with Crippen LogP contribution in [-0.2, 0) is 85.8 Å². The Labute approximate surface area is 889 Å². The molecule has 5 aliphatic carbocycles. The minimum Gasteiger partial charge on any atom is -0.493 e. The maximum absolute atomic E-state index is 13.6. The fourth-order valence-corrected chi connectivity index (χ4v) is 24.3. The van der Waals surface area contributed by atoms with Crippen molar-refractivity contribution < 1.29 is 125 Å². The number of hydrogen-bond donors (Lipinski definition) is 4. The Hall–Kier alpha value is -11.2. The van der Waals surface area contributed by atoms with E-state index in [1.165, 1.54) is 55.4 Å². The Morgan fingerprint density at radius 1 is 0.527 bits per heavy atom. The first-order valence-electron chi connectivity index (χ1n) is 53.6. The molecule has 4 radical (unpaired) electrons. The third-order valence-electron chi connectivity index (χ3n) is 31.4. The van der Waals surface area contributed by atoms with E-state index in [-0.39, 0.29) is 134 Å². The summed E-state index contributed by atoms with van der Waals surface area (Å²) < 4.78 is 66.1. The summed E-state index contributed by atoms with van der Waals surface area (Å²) in [5.74, 6) is -2.48. The summed E-state index contributed by atoms with van der Waals surface area (Å²) in [6.07, 6.45) is 18.5. The zero-order valence-corrected chi connectivity index (χ0v) is 91.6. The van der Waals surface area contributed by atoms with E-state index in [1.807, 2.05) is 208 Å². The fraction of sp³-hybridized carbons (Fsp3) is 0.655. The van der Waals surface area contributed by atoms with Crippen LogP contribution in [0.5, 0.6) is 23.0 Å². The van der Waals surface area contributed by atoms with Gasteiger partial charge in [0.05, 0.1) is 63.7 Å². The minimum absolute atomic E-state index is 0. The lowest BCUT2D eigenvalue weighted by Crippen LogP contribution is -2.49. The van der Waals surface area contributed by atoms with Gasteiger partial charge in [-0.15, -0.1) is 0 Å². The molecule has 23 atom stereocenters. The summed E-state index contributed by atoms with van der Waals surface area (Å²) in [6, 6.07) is 26.4. The van der Waals surface area contributed by atoms with Gasteiger partial charge in [-0.1, -0.05) is 168 Å². The molecular weight excluding hydrogens is 1910 g/mol. The number of likely N-dealkylation sites (tertiary alicyclic amines) is 2. The molecule has 11 fully saturated rings. The van der Waals surface area contributed by atoms with E-state index in [1.54, 1.807) is 6.08 Å². The van der Waals surface area contributed by atoms with Gasteiger partial charge in [-0.3, -0.25) is 38.8 Å². The maximum Gasteiger partial charge on any atom is 0.337 e. The minimum atomic E-state index is -1.02. The maximum atomic E-state index is 13.6. The lowest BCUT2D eigenvalue weighted by Gasteiger charge is -2.43. The molecule has 4 aromatic carbocycles. The number of nitrogens with one attached hydrogen (secondary N) is 2. The van der Waals surface area contributed by atoms with Crippen LogP contribution in [0.3, 0.4) is 0 Å². The molecule has 6 saturated heterocycles. The first-order valence-corrected chi connectivity index (χ1v) is 53.6. The highest BCUT2D eigenvalue weighted by Gasteiger charge is 2.62. The van der Waals surface area contributed by atoms with Gasteiger partial charge >= 0.3 is 47.8 Å². The van der Waals surface area contributed by atoms with Crippen LogP contribution in [0.25, 0.3) is 6.08 Å². The molecule has 34 heteroatoms. The van der Waals surface area contributed by atoms with Crippen LogP contribution in [0.2, 0.25) is 0 Å². The number of carboxylic acid groups (broad SMARTS) is 2. The highest BCUT2D eigenvalue weighted by molar-refractivity contribution is 6.57. The molecule has 820 valence electrons. The number of methoxy groups -OCH3 is 2. The van der Waals surface area contributed by atoms with Crippen molar-refractivity contribution in [3.63, 3.8) is 0 Å². The van der Waals surface area contributed by atoms with E-state index in [9.17, 15) is 67.7 Å². The zero-order chi connectivity index (χ0) is 109. The van der Waals surface area contributed by atoms with E-state index < -0.39 is 99.9 Å². The number of fused-ring (bicyclic) bond motifs is 16. The number of hydrogen-bond acceptors (Lipinski definition) is 26. The molecule has 8 unspecified atom stereocenters. The largest absolute Gasteiger partial charge is 0.493 e. The van der Waals surface area contributed by atoms with Crippen molar-refractivity contribution in [2.45, 2.75) is 332 Å². The second-order valence-electron chi connectivity index (χ2n) is 45.8. The average molecular weight is 2080 g/mol. The van der Waals surface area contributed by atoms with Gasteiger partial charge in [0.2, 0.25) is 27.5 Å². The Bertz CT molecular complexity index is 5480. The van der Waals surface area contributed by atoms with Crippen LogP contribution in [-0.4, -0.2) is 257 Å². The summed E-state index contributed by atoms with van der Waals surface area (Å²) in [4.78, 5) is 157. The Kier molecular flexibility index (Phi) is 41.8. The summed E-state index contributed by atoms with van der Waals surface area (Å²) in [5.41, 5.74) is 4.60. The monoisotopic (exact) mass is 2080 g/mol. The van der Waals surface area contributed by atoms with E-state index in [0.29, 0.717) is 79.8 Å². The van der Waals surface area contributed by atoms with Gasteiger partial charge in [0.1, 0.15) is 102 Å². The van der Waals surface area contributed by atoms with Crippen LogP contribution in [0.4, 0.5) is 9.59 Å². The number of benzene rings is 4. The predicted octanol–water partition coefficient (Wildman–Crippen LogP) is 17.9. The van der Waals surface area contributed by atoms with Gasteiger partial charge in [0.25, 0.3) is 0 Å². The van der Waals surface area contributed by atoms with Crippen molar-refractivity contribution in [1.82, 2.24) is 20.4 Å². The Morgan fingerprint density at radius 2 is 1.02 bits per heavy atom. The second-order valence-corrected chi connectivity index (χ2v) is 45.8. The Morgan fingerprint density at radius 3 is 1.56 bits per heavy atom. The number of aliphatic carboxylic acids is 2. The van der Waals surface area contributed by atoms with E-state index in [2.05, 4.69) is 55.0 Å². The molecule has 4 aromatic rings. The topological polar surface area (TPSA) is 411 Å². The van der Waals surface area contributed by atoms with E-state index >= 15 is 0 Å². The third kappa shape index (κ3) is 28.9. The summed E-state index contributed by atoms with van der Waals surface area (Å²) in [5, 5.41) is 24.5. The molecule has 0 aromatic heterocycles. The molecule has 150 heavy (non-hydrogen) atoms. The van der Waals surface area contributed by atoms with Crippen molar-refractivity contribution in [2.75, 3.05) is 73.5 Å². The molecule has 5 saturated carbocycles. The zero-order valence-electron chi connectivity index (χ0n) is 91.6. The third-order valence-corrected chi connectivity index (χ3v) is 31.4. The number of carbonyl (C=O) groups is 12. The number of carboxylic acids is 2. The second kappa shape index (κ2) is 52.0. The number of aliphatic imine (C=N–C) groups is 2. The Balaban J connectivity index is 0.000000179. The number of rotatable bonds is 12. The number of esters is 6. The van der Waals surface area contributed by atoms with Gasteiger partial charge < -0.3 is 87.5 Å². The quantitative estimate of drug-likeness (QED) is 0.0581. The average Bonchev–Trinajstić information content (AvgIpc) is 1.51. The molecule has 2 bridgehead atoms. The fourth-order valence-electron chi connectivity index (χ4n) is 24.3. The van der Waals surface area contributed by atoms with Crippen LogP contribution < -0.4 is 29.6 Å². The molecule has 4 amide bonds. The van der Waals surface area contributed by atoms with Crippen molar-refractivity contribution >= 4 is 104 Å². The van der Waals surface area contributed by atoms with Crippen molar-refractivity contribution in [3.8, 4) is 23.0 Å². The summed E-state index contributed by atoms with van der Waals surface area (Å²) in [6.45, 7) is 44.7. The lowest BCUT2D eigenvalue weighted by molar-refractivity contribution is -0.163. The van der Waals surface area contributed by atoms with Crippen LogP contribution in [0, 0.1) is 81.8 Å². The molecule has 32 nitrogen and oxygen atoms in total. The molecule has 4 N–H and O–H groups in total. The normalized spacial score (nSPS) is 29.8. The predicted molar refractivity (Wildman–Crippen MR) is 571 cm³/mol.